The third-order valence-electron chi connectivity index (χ3n) is 2.79. The molecule has 2 N–H and O–H groups in total. The summed E-state index contributed by atoms with van der Waals surface area (Å²) in [6.07, 6.45) is -0.503. The van der Waals surface area contributed by atoms with E-state index in [0.717, 1.165) is 0 Å². The summed E-state index contributed by atoms with van der Waals surface area (Å²) in [7, 11) is 0. The zero-order valence-corrected chi connectivity index (χ0v) is 11.4. The number of nitrogens with one attached hydrogen (secondary N) is 1. The Morgan fingerprint density at radius 3 is 2.63 bits per heavy atom. The van der Waals surface area contributed by atoms with Gasteiger partial charge in [0, 0.05) is 13.1 Å². The number of nitrogens with zero attached hydrogens (tertiary/aromatic N) is 2. The van der Waals surface area contributed by atoms with Crippen molar-refractivity contribution >= 4 is 12.1 Å². The summed E-state index contributed by atoms with van der Waals surface area (Å²) in [6, 6.07) is 1.97. The molecule has 0 aromatic carbocycles. The number of nitriles is 1. The van der Waals surface area contributed by atoms with Crippen molar-refractivity contribution in [1.29, 1.82) is 5.26 Å². The van der Waals surface area contributed by atoms with E-state index >= 15 is 0 Å². The highest BCUT2D eigenvalue weighted by atomic mass is 16.6. The monoisotopic (exact) mass is 269 g/mol. The number of carbonyl (C=O) groups excluding carboxylic acids is 1. The van der Waals surface area contributed by atoms with Gasteiger partial charge in [0.1, 0.15) is 5.60 Å². The summed E-state index contributed by atoms with van der Waals surface area (Å²) >= 11 is 0. The fraction of sp³-hybridized carbons (Fsp3) is 0.750. The third-order valence-corrected chi connectivity index (χ3v) is 2.79. The SMILES string of the molecule is CC(C)(C)OC(=O)NC1(C(=O)O)CCN(CC#N)C1. The zero-order valence-electron chi connectivity index (χ0n) is 11.4. The number of rotatable bonds is 3. The van der Waals surface area contributed by atoms with E-state index in [0.29, 0.717) is 6.54 Å². The van der Waals surface area contributed by atoms with Gasteiger partial charge < -0.3 is 15.2 Å². The molecule has 0 radical (unpaired) electrons. The second-order valence-electron chi connectivity index (χ2n) is 5.63. The molecule has 1 amide bonds. The second kappa shape index (κ2) is 5.45. The maximum absolute atomic E-state index is 11.7. The molecule has 0 aromatic heterocycles. The summed E-state index contributed by atoms with van der Waals surface area (Å²) in [5.74, 6) is -1.11. The molecule has 0 saturated carbocycles. The second-order valence-corrected chi connectivity index (χ2v) is 5.63. The number of carboxylic acids is 1. The van der Waals surface area contributed by atoms with Crippen LogP contribution in [0.3, 0.4) is 0 Å². The first-order chi connectivity index (χ1) is 8.68. The Hall–Kier alpha value is -1.81. The van der Waals surface area contributed by atoms with Crippen LogP contribution in [0.25, 0.3) is 0 Å². The highest BCUT2D eigenvalue weighted by molar-refractivity contribution is 5.85. The summed E-state index contributed by atoms with van der Waals surface area (Å²) in [6.45, 7) is 5.82. The highest BCUT2D eigenvalue weighted by Gasteiger charge is 2.46. The van der Waals surface area contributed by atoms with E-state index in [1.165, 1.54) is 0 Å². The van der Waals surface area contributed by atoms with Gasteiger partial charge in [-0.05, 0) is 27.2 Å². The number of ether oxygens (including phenoxy) is 1. The number of amides is 1. The van der Waals surface area contributed by atoms with Crippen molar-refractivity contribution in [2.75, 3.05) is 19.6 Å². The molecule has 1 aliphatic heterocycles. The van der Waals surface area contributed by atoms with Crippen molar-refractivity contribution < 1.29 is 19.4 Å². The molecule has 1 rings (SSSR count). The van der Waals surface area contributed by atoms with Gasteiger partial charge in [-0.15, -0.1) is 0 Å². The minimum absolute atomic E-state index is 0.106. The Balaban J connectivity index is 2.73. The average Bonchev–Trinajstić information content (AvgIpc) is 2.60. The van der Waals surface area contributed by atoms with Gasteiger partial charge in [0.25, 0.3) is 0 Å². The van der Waals surface area contributed by atoms with Crippen LogP contribution in [0.15, 0.2) is 0 Å². The fourth-order valence-electron chi connectivity index (χ4n) is 1.95. The van der Waals surface area contributed by atoms with E-state index < -0.39 is 23.2 Å². The molecule has 0 aliphatic carbocycles. The molecule has 0 spiro atoms. The first-order valence-electron chi connectivity index (χ1n) is 6.02. The topological polar surface area (TPSA) is 103 Å². The summed E-state index contributed by atoms with van der Waals surface area (Å²) in [4.78, 5) is 24.8. The number of carbonyl (C=O) groups is 2. The normalized spacial score (nSPS) is 23.7. The van der Waals surface area contributed by atoms with Gasteiger partial charge in [0.2, 0.25) is 0 Å². The van der Waals surface area contributed by atoms with E-state index in [4.69, 9.17) is 10.00 Å². The number of carboxylic acid groups (broad SMARTS) is 1. The van der Waals surface area contributed by atoms with Crippen LogP contribution < -0.4 is 5.32 Å². The van der Waals surface area contributed by atoms with Crippen molar-refractivity contribution in [3.63, 3.8) is 0 Å². The third kappa shape index (κ3) is 4.10. The van der Waals surface area contributed by atoms with Gasteiger partial charge in [0.05, 0.1) is 12.6 Å². The van der Waals surface area contributed by atoms with Gasteiger partial charge in [-0.2, -0.15) is 5.26 Å². The number of hydrogen-bond donors (Lipinski definition) is 2. The molecule has 1 aliphatic rings. The minimum Gasteiger partial charge on any atom is -0.479 e. The van der Waals surface area contributed by atoms with E-state index in [2.05, 4.69) is 5.32 Å². The molecular formula is C12H19N3O4. The molecule has 1 saturated heterocycles. The van der Waals surface area contributed by atoms with Gasteiger partial charge in [-0.1, -0.05) is 0 Å². The number of alkyl carbamates (subject to hydrolysis) is 1. The summed E-state index contributed by atoms with van der Waals surface area (Å²) in [5.41, 5.74) is -2.06. The van der Waals surface area contributed by atoms with Crippen LogP contribution in [0.1, 0.15) is 27.2 Å². The van der Waals surface area contributed by atoms with E-state index in [1.807, 2.05) is 6.07 Å². The van der Waals surface area contributed by atoms with Crippen LogP contribution in [0.4, 0.5) is 4.79 Å². The lowest BCUT2D eigenvalue weighted by Crippen LogP contribution is -2.57. The maximum atomic E-state index is 11.7. The zero-order chi connectivity index (χ0) is 14.7. The van der Waals surface area contributed by atoms with E-state index in [-0.39, 0.29) is 19.5 Å². The Morgan fingerprint density at radius 2 is 2.16 bits per heavy atom. The van der Waals surface area contributed by atoms with Crippen LogP contribution in [0, 0.1) is 11.3 Å². The Labute approximate surface area is 112 Å². The quantitative estimate of drug-likeness (QED) is 0.726. The number of hydrogen-bond acceptors (Lipinski definition) is 5. The molecule has 0 bridgehead atoms. The number of aliphatic carboxylic acids is 1. The first kappa shape index (κ1) is 15.2. The van der Waals surface area contributed by atoms with Gasteiger partial charge in [-0.25, -0.2) is 9.59 Å². The Morgan fingerprint density at radius 1 is 1.53 bits per heavy atom. The van der Waals surface area contributed by atoms with Crippen molar-refractivity contribution in [3.05, 3.63) is 0 Å². The minimum atomic E-state index is -1.38. The molecule has 1 fully saturated rings. The fourth-order valence-corrected chi connectivity index (χ4v) is 1.95. The van der Waals surface area contributed by atoms with Gasteiger partial charge in [-0.3, -0.25) is 4.90 Å². The van der Waals surface area contributed by atoms with E-state index in [1.54, 1.807) is 25.7 Å². The predicted molar refractivity (Wildman–Crippen MR) is 66.4 cm³/mol. The number of likely N-dealkylation sites (tertiary alicyclic amines) is 1. The molecule has 7 heteroatoms. The average molecular weight is 269 g/mol. The molecule has 1 heterocycles. The van der Waals surface area contributed by atoms with Gasteiger partial charge >= 0.3 is 12.1 Å². The van der Waals surface area contributed by atoms with Crippen LogP contribution in [0.2, 0.25) is 0 Å². The highest BCUT2D eigenvalue weighted by Crippen LogP contribution is 2.22. The lowest BCUT2D eigenvalue weighted by atomic mass is 9.99. The molecule has 1 unspecified atom stereocenters. The van der Waals surface area contributed by atoms with Crippen LogP contribution in [-0.2, 0) is 9.53 Å². The van der Waals surface area contributed by atoms with Crippen LogP contribution in [-0.4, -0.2) is 52.8 Å². The van der Waals surface area contributed by atoms with Crippen LogP contribution in [0.5, 0.6) is 0 Å². The lowest BCUT2D eigenvalue weighted by molar-refractivity contribution is -0.144. The summed E-state index contributed by atoms with van der Waals surface area (Å²) in [5, 5.41) is 20.4. The Bertz CT molecular complexity index is 410. The Kier molecular flexibility index (Phi) is 4.37. The standard InChI is InChI=1S/C12H19N3O4/c1-11(2,3)19-10(18)14-12(9(16)17)4-6-15(8-12)7-5-13/h4,6-8H2,1-3H3,(H,14,18)(H,16,17). The van der Waals surface area contributed by atoms with Crippen LogP contribution >= 0.6 is 0 Å². The van der Waals surface area contributed by atoms with Crippen molar-refractivity contribution in [2.45, 2.75) is 38.3 Å². The van der Waals surface area contributed by atoms with Crippen molar-refractivity contribution in [3.8, 4) is 6.07 Å². The summed E-state index contributed by atoms with van der Waals surface area (Å²) < 4.78 is 5.07. The van der Waals surface area contributed by atoms with Crippen molar-refractivity contribution in [1.82, 2.24) is 10.2 Å². The molecular weight excluding hydrogens is 250 g/mol. The maximum Gasteiger partial charge on any atom is 0.408 e. The smallest absolute Gasteiger partial charge is 0.408 e. The molecule has 1 atom stereocenters. The van der Waals surface area contributed by atoms with Gasteiger partial charge in [0.15, 0.2) is 5.54 Å². The molecule has 0 aromatic rings. The molecule has 106 valence electrons. The predicted octanol–water partition coefficient (Wildman–Crippen LogP) is 0.564. The van der Waals surface area contributed by atoms with Crippen molar-refractivity contribution in [2.24, 2.45) is 0 Å². The largest absolute Gasteiger partial charge is 0.479 e. The first-order valence-corrected chi connectivity index (χ1v) is 6.02. The lowest BCUT2D eigenvalue weighted by Gasteiger charge is -2.28. The van der Waals surface area contributed by atoms with E-state index in [9.17, 15) is 14.7 Å². The molecule has 7 nitrogen and oxygen atoms in total. The molecule has 19 heavy (non-hydrogen) atoms.